The van der Waals surface area contributed by atoms with Crippen molar-refractivity contribution in [1.82, 2.24) is 4.98 Å². The Bertz CT molecular complexity index is 1120. The fourth-order valence-electron chi connectivity index (χ4n) is 3.67. The van der Waals surface area contributed by atoms with Crippen molar-refractivity contribution >= 4 is 15.7 Å². The van der Waals surface area contributed by atoms with Gasteiger partial charge in [0.1, 0.15) is 0 Å². The molecule has 7 heteroatoms. The fraction of sp³-hybridized carbons (Fsp3) is 0.348. The van der Waals surface area contributed by atoms with Crippen LogP contribution in [0.2, 0.25) is 0 Å². The van der Waals surface area contributed by atoms with Crippen LogP contribution in [-0.4, -0.2) is 38.7 Å². The van der Waals surface area contributed by atoms with Crippen LogP contribution in [0.4, 0.5) is 5.88 Å². The minimum atomic E-state index is -3.85. The van der Waals surface area contributed by atoms with Crippen molar-refractivity contribution in [3.63, 3.8) is 0 Å². The molecule has 0 N–H and O–H groups in total. The molecule has 0 spiro atoms. The summed E-state index contributed by atoms with van der Waals surface area (Å²) in [6.07, 6.45) is -0.0896. The number of morpholine rings is 1. The van der Waals surface area contributed by atoms with Gasteiger partial charge in [0.2, 0.25) is 26.6 Å². The average molecular weight is 427 g/mol. The van der Waals surface area contributed by atoms with E-state index in [0.717, 1.165) is 16.7 Å². The Balaban J connectivity index is 1.85. The second kappa shape index (κ2) is 7.89. The van der Waals surface area contributed by atoms with Gasteiger partial charge in [0, 0.05) is 18.7 Å². The second-order valence-corrected chi connectivity index (χ2v) is 9.84. The molecule has 0 saturated carbocycles. The lowest BCUT2D eigenvalue weighted by molar-refractivity contribution is -0.00657. The molecule has 30 heavy (non-hydrogen) atoms. The molecule has 2 heterocycles. The van der Waals surface area contributed by atoms with Crippen LogP contribution in [0.15, 0.2) is 62.9 Å². The third kappa shape index (κ3) is 4.00. The van der Waals surface area contributed by atoms with Gasteiger partial charge in [-0.3, -0.25) is 0 Å². The largest absolute Gasteiger partial charge is 0.419 e. The summed E-state index contributed by atoms with van der Waals surface area (Å²) in [6.45, 7) is 8.91. The van der Waals surface area contributed by atoms with Crippen molar-refractivity contribution < 1.29 is 17.6 Å². The molecule has 0 amide bonds. The van der Waals surface area contributed by atoms with Crippen molar-refractivity contribution in [2.24, 2.45) is 0 Å². The molecular formula is C23H26N2O4S. The molecule has 2 atom stereocenters. The van der Waals surface area contributed by atoms with E-state index in [-0.39, 0.29) is 28.0 Å². The summed E-state index contributed by atoms with van der Waals surface area (Å²) in [5, 5.41) is -0.0526. The number of anilines is 1. The minimum Gasteiger partial charge on any atom is -0.419 e. The quantitative estimate of drug-likeness (QED) is 0.616. The van der Waals surface area contributed by atoms with Gasteiger partial charge in [-0.15, -0.1) is 0 Å². The summed E-state index contributed by atoms with van der Waals surface area (Å²) >= 11 is 0. The minimum absolute atomic E-state index is 0.0448. The molecule has 158 valence electrons. The van der Waals surface area contributed by atoms with Gasteiger partial charge in [-0.05, 0) is 52.0 Å². The lowest BCUT2D eigenvalue weighted by Gasteiger charge is -2.35. The van der Waals surface area contributed by atoms with E-state index in [1.807, 2.05) is 56.9 Å². The molecule has 1 aromatic heterocycles. The van der Waals surface area contributed by atoms with Crippen LogP contribution in [0.1, 0.15) is 25.0 Å². The van der Waals surface area contributed by atoms with Gasteiger partial charge in [-0.1, -0.05) is 35.4 Å². The first-order chi connectivity index (χ1) is 14.2. The van der Waals surface area contributed by atoms with Gasteiger partial charge < -0.3 is 14.1 Å². The maximum absolute atomic E-state index is 13.5. The third-order valence-corrected chi connectivity index (χ3v) is 6.84. The summed E-state index contributed by atoms with van der Waals surface area (Å²) in [7, 11) is -3.85. The molecule has 2 unspecified atom stereocenters. The molecule has 3 aromatic rings. The molecule has 0 bridgehead atoms. The summed E-state index contributed by atoms with van der Waals surface area (Å²) in [4.78, 5) is 6.59. The van der Waals surface area contributed by atoms with E-state index in [0.29, 0.717) is 19.0 Å². The van der Waals surface area contributed by atoms with Crippen LogP contribution in [0.3, 0.4) is 0 Å². The zero-order chi connectivity index (χ0) is 21.5. The highest BCUT2D eigenvalue weighted by atomic mass is 32.2. The van der Waals surface area contributed by atoms with Crippen molar-refractivity contribution in [2.45, 2.75) is 49.8 Å². The standard InChI is InChI=1S/C23H26N2O4S/c1-15-5-9-19(10-6-15)21-24-22(30(26,27)20-11-7-16(2)8-12-20)23(29-21)25-13-17(3)28-18(4)14-25/h5-12,17-18H,13-14H2,1-4H3. The highest BCUT2D eigenvalue weighted by molar-refractivity contribution is 7.91. The molecular weight excluding hydrogens is 400 g/mol. The van der Waals surface area contributed by atoms with E-state index in [1.54, 1.807) is 24.3 Å². The number of hydrogen-bond acceptors (Lipinski definition) is 6. The predicted octanol–water partition coefficient (Wildman–Crippen LogP) is 4.40. The first kappa shape index (κ1) is 20.6. The molecule has 4 rings (SSSR count). The van der Waals surface area contributed by atoms with Crippen LogP contribution in [-0.2, 0) is 14.6 Å². The Morgan fingerprint density at radius 2 is 1.43 bits per heavy atom. The number of benzene rings is 2. The van der Waals surface area contributed by atoms with Crippen LogP contribution in [0.5, 0.6) is 0 Å². The van der Waals surface area contributed by atoms with E-state index < -0.39 is 9.84 Å². The zero-order valence-corrected chi connectivity index (χ0v) is 18.4. The van der Waals surface area contributed by atoms with Gasteiger partial charge in [0.25, 0.3) is 0 Å². The Kier molecular flexibility index (Phi) is 5.42. The van der Waals surface area contributed by atoms with Crippen molar-refractivity contribution in [3.8, 4) is 11.5 Å². The summed E-state index contributed by atoms with van der Waals surface area (Å²) in [6, 6.07) is 14.5. The number of nitrogens with zero attached hydrogens (tertiary/aromatic N) is 2. The molecule has 0 aliphatic carbocycles. The first-order valence-corrected chi connectivity index (χ1v) is 11.5. The van der Waals surface area contributed by atoms with Crippen molar-refractivity contribution in [2.75, 3.05) is 18.0 Å². The molecule has 1 fully saturated rings. The first-order valence-electron chi connectivity index (χ1n) is 10.0. The van der Waals surface area contributed by atoms with Gasteiger partial charge in [-0.2, -0.15) is 4.98 Å². The zero-order valence-electron chi connectivity index (χ0n) is 17.6. The van der Waals surface area contributed by atoms with Crippen molar-refractivity contribution in [3.05, 3.63) is 59.7 Å². The Morgan fingerprint density at radius 3 is 2.00 bits per heavy atom. The van der Waals surface area contributed by atoms with E-state index in [9.17, 15) is 8.42 Å². The van der Waals surface area contributed by atoms with Crippen LogP contribution in [0.25, 0.3) is 11.5 Å². The maximum Gasteiger partial charge on any atom is 0.236 e. The highest BCUT2D eigenvalue weighted by Crippen LogP contribution is 2.36. The normalized spacial score (nSPS) is 19.8. The summed E-state index contributed by atoms with van der Waals surface area (Å²) in [5.74, 6) is 0.565. The SMILES string of the molecule is Cc1ccc(-c2nc(S(=O)(=O)c3ccc(C)cc3)c(N3CC(C)OC(C)C3)o2)cc1. The lowest BCUT2D eigenvalue weighted by Crippen LogP contribution is -2.45. The molecule has 1 aliphatic heterocycles. The maximum atomic E-state index is 13.5. The summed E-state index contributed by atoms with van der Waals surface area (Å²) in [5.41, 5.74) is 2.83. The Labute approximate surface area is 177 Å². The molecule has 0 radical (unpaired) electrons. The number of aromatic nitrogens is 1. The summed E-state index contributed by atoms with van der Waals surface area (Å²) < 4.78 is 38.9. The van der Waals surface area contributed by atoms with Crippen LogP contribution < -0.4 is 4.90 Å². The van der Waals surface area contributed by atoms with Crippen molar-refractivity contribution in [1.29, 1.82) is 0 Å². The third-order valence-electron chi connectivity index (χ3n) is 5.17. The molecule has 6 nitrogen and oxygen atoms in total. The van der Waals surface area contributed by atoms with Gasteiger partial charge >= 0.3 is 0 Å². The lowest BCUT2D eigenvalue weighted by atomic mass is 10.1. The topological polar surface area (TPSA) is 72.6 Å². The predicted molar refractivity (Wildman–Crippen MR) is 116 cm³/mol. The van der Waals surface area contributed by atoms with E-state index in [2.05, 4.69) is 4.98 Å². The molecule has 1 aliphatic rings. The highest BCUT2D eigenvalue weighted by Gasteiger charge is 2.34. The Hall–Kier alpha value is -2.64. The Morgan fingerprint density at radius 1 is 0.900 bits per heavy atom. The number of sulfone groups is 1. The number of aryl methyl sites for hydroxylation is 2. The second-order valence-electron chi connectivity index (χ2n) is 7.97. The van der Waals surface area contributed by atoms with E-state index in [1.165, 1.54) is 0 Å². The monoisotopic (exact) mass is 426 g/mol. The number of rotatable bonds is 4. The molecule has 1 saturated heterocycles. The number of oxazole rings is 1. The van der Waals surface area contributed by atoms with E-state index in [4.69, 9.17) is 9.15 Å². The van der Waals surface area contributed by atoms with Crippen LogP contribution >= 0.6 is 0 Å². The average Bonchev–Trinajstić information content (AvgIpc) is 3.14. The van der Waals surface area contributed by atoms with Gasteiger partial charge in [0.05, 0.1) is 17.1 Å². The van der Waals surface area contributed by atoms with Crippen LogP contribution in [0, 0.1) is 13.8 Å². The smallest absolute Gasteiger partial charge is 0.236 e. The number of ether oxygens (including phenoxy) is 1. The van der Waals surface area contributed by atoms with Gasteiger partial charge in [-0.25, -0.2) is 8.42 Å². The van der Waals surface area contributed by atoms with Gasteiger partial charge in [0.15, 0.2) is 0 Å². The number of hydrogen-bond donors (Lipinski definition) is 0. The molecule has 2 aromatic carbocycles. The van der Waals surface area contributed by atoms with E-state index >= 15 is 0 Å². The fourth-order valence-corrected chi connectivity index (χ4v) is 4.99.